The molecule has 2 nitrogen and oxygen atoms in total. The molecular weight excluding hydrogens is 160 g/mol. The molecule has 0 heterocycles. The van der Waals surface area contributed by atoms with Gasteiger partial charge in [0.1, 0.15) is 0 Å². The first-order chi connectivity index (χ1) is 4.93. The fourth-order valence-electron chi connectivity index (χ4n) is 1.31. The van der Waals surface area contributed by atoms with Crippen molar-refractivity contribution in [1.29, 1.82) is 0 Å². The van der Waals surface area contributed by atoms with Crippen LogP contribution < -0.4 is 11.1 Å². The lowest BCUT2D eigenvalue weighted by Gasteiger charge is -2.04. The zero-order chi connectivity index (χ0) is 7.23. The molecule has 0 saturated carbocycles. The van der Waals surface area contributed by atoms with E-state index in [0.29, 0.717) is 6.67 Å². The van der Waals surface area contributed by atoms with Crippen LogP contribution in [0.3, 0.4) is 0 Å². The van der Waals surface area contributed by atoms with E-state index in [1.807, 2.05) is 0 Å². The maximum Gasteiger partial charge on any atom is 0.0624 e. The maximum absolute atomic E-state index is 5.36. The molecular formula is C8H17ClN2. The van der Waals surface area contributed by atoms with E-state index >= 15 is 0 Å². The molecule has 11 heavy (non-hydrogen) atoms. The second-order valence-electron chi connectivity index (χ2n) is 2.71. The summed E-state index contributed by atoms with van der Waals surface area (Å²) >= 11 is 0. The van der Waals surface area contributed by atoms with Gasteiger partial charge in [-0.05, 0) is 25.7 Å². The molecule has 66 valence electrons. The highest BCUT2D eigenvalue weighted by atomic mass is 35.5. The Morgan fingerprint density at radius 2 is 2.18 bits per heavy atom. The lowest BCUT2D eigenvalue weighted by atomic mass is 10.2. The Balaban J connectivity index is 0.000001000. The summed E-state index contributed by atoms with van der Waals surface area (Å²) in [4.78, 5) is 0. The fraction of sp³-hybridized carbons (Fsp3) is 0.750. The summed E-state index contributed by atoms with van der Waals surface area (Å²) in [5.41, 5.74) is 6.71. The molecule has 1 aliphatic carbocycles. The maximum atomic E-state index is 5.36. The van der Waals surface area contributed by atoms with Crippen molar-refractivity contribution >= 4 is 12.4 Å². The molecule has 0 atom stereocenters. The Morgan fingerprint density at radius 1 is 1.36 bits per heavy atom. The van der Waals surface area contributed by atoms with E-state index in [1.54, 1.807) is 0 Å². The van der Waals surface area contributed by atoms with Crippen LogP contribution in [0.25, 0.3) is 0 Å². The quantitative estimate of drug-likeness (QED) is 0.630. The van der Waals surface area contributed by atoms with Gasteiger partial charge in [0.05, 0.1) is 6.67 Å². The molecule has 0 radical (unpaired) electrons. The molecule has 0 bridgehead atoms. The third kappa shape index (κ3) is 4.27. The first kappa shape index (κ1) is 10.8. The van der Waals surface area contributed by atoms with Gasteiger partial charge < -0.3 is 11.1 Å². The van der Waals surface area contributed by atoms with Crippen molar-refractivity contribution < 1.29 is 0 Å². The largest absolute Gasteiger partial charge is 0.376 e. The molecule has 0 amide bonds. The van der Waals surface area contributed by atoms with Gasteiger partial charge in [-0.1, -0.05) is 12.5 Å². The van der Waals surface area contributed by atoms with E-state index < -0.39 is 0 Å². The molecule has 1 aliphatic rings. The highest BCUT2D eigenvalue weighted by molar-refractivity contribution is 5.85. The average Bonchev–Trinajstić information content (AvgIpc) is 2.17. The predicted octanol–water partition coefficient (Wildman–Crippen LogP) is 1.76. The average molecular weight is 177 g/mol. The molecule has 1 rings (SSSR count). The van der Waals surface area contributed by atoms with Gasteiger partial charge in [0.15, 0.2) is 0 Å². The molecule has 0 aromatic rings. The van der Waals surface area contributed by atoms with E-state index in [9.17, 15) is 0 Å². The number of hydrogen-bond acceptors (Lipinski definition) is 2. The second kappa shape index (κ2) is 6.50. The molecule has 0 aromatic carbocycles. The van der Waals surface area contributed by atoms with Crippen LogP contribution in [0.4, 0.5) is 0 Å². The van der Waals surface area contributed by atoms with Gasteiger partial charge in [-0.15, -0.1) is 12.4 Å². The molecule has 0 spiro atoms. The molecule has 0 aromatic heterocycles. The van der Waals surface area contributed by atoms with Gasteiger partial charge in [0.2, 0.25) is 0 Å². The minimum Gasteiger partial charge on any atom is -0.376 e. The summed E-state index contributed by atoms with van der Waals surface area (Å²) in [7, 11) is 0. The number of nitrogens with two attached hydrogens (primary N) is 1. The summed E-state index contributed by atoms with van der Waals surface area (Å²) in [6.45, 7) is 0.575. The summed E-state index contributed by atoms with van der Waals surface area (Å²) in [5, 5.41) is 3.16. The van der Waals surface area contributed by atoms with Crippen molar-refractivity contribution in [1.82, 2.24) is 5.32 Å². The SMILES string of the molecule is Cl.NCNC1=CCCCCC1. The van der Waals surface area contributed by atoms with Gasteiger partial charge in [-0.25, -0.2) is 0 Å². The number of hydrogen-bond donors (Lipinski definition) is 2. The third-order valence-corrected chi connectivity index (χ3v) is 1.87. The smallest absolute Gasteiger partial charge is 0.0624 e. The van der Waals surface area contributed by atoms with E-state index in [2.05, 4.69) is 11.4 Å². The second-order valence-corrected chi connectivity index (χ2v) is 2.71. The van der Waals surface area contributed by atoms with Crippen LogP contribution in [-0.2, 0) is 0 Å². The number of halogens is 1. The Hall–Kier alpha value is -0.210. The zero-order valence-electron chi connectivity index (χ0n) is 6.81. The number of nitrogens with one attached hydrogen (secondary N) is 1. The van der Waals surface area contributed by atoms with Crippen LogP contribution in [0.15, 0.2) is 11.8 Å². The van der Waals surface area contributed by atoms with Gasteiger partial charge in [0, 0.05) is 5.70 Å². The van der Waals surface area contributed by atoms with Crippen molar-refractivity contribution in [2.45, 2.75) is 32.1 Å². The van der Waals surface area contributed by atoms with E-state index in [1.165, 1.54) is 37.8 Å². The standard InChI is InChI=1S/C8H16N2.ClH/c9-7-10-8-5-3-1-2-4-6-8;/h5,10H,1-4,6-7,9H2;1H. The van der Waals surface area contributed by atoms with Gasteiger partial charge in [-0.3, -0.25) is 0 Å². The van der Waals surface area contributed by atoms with Crippen LogP contribution in [0.5, 0.6) is 0 Å². The monoisotopic (exact) mass is 176 g/mol. The van der Waals surface area contributed by atoms with Crippen molar-refractivity contribution in [3.63, 3.8) is 0 Å². The molecule has 0 aliphatic heterocycles. The zero-order valence-corrected chi connectivity index (χ0v) is 7.62. The van der Waals surface area contributed by atoms with Crippen LogP contribution >= 0.6 is 12.4 Å². The van der Waals surface area contributed by atoms with Crippen molar-refractivity contribution in [2.24, 2.45) is 5.73 Å². The Kier molecular flexibility index (Phi) is 6.37. The summed E-state index contributed by atoms with van der Waals surface area (Å²) in [6.07, 6.45) is 8.72. The van der Waals surface area contributed by atoms with Crippen molar-refractivity contribution in [3.05, 3.63) is 11.8 Å². The molecule has 3 heteroatoms. The first-order valence-electron chi connectivity index (χ1n) is 4.06. The Morgan fingerprint density at radius 3 is 2.91 bits per heavy atom. The van der Waals surface area contributed by atoms with Gasteiger partial charge in [0.25, 0.3) is 0 Å². The lowest BCUT2D eigenvalue weighted by Crippen LogP contribution is -2.21. The van der Waals surface area contributed by atoms with Gasteiger partial charge in [-0.2, -0.15) is 0 Å². The minimum atomic E-state index is 0. The van der Waals surface area contributed by atoms with Crippen molar-refractivity contribution in [2.75, 3.05) is 6.67 Å². The highest BCUT2D eigenvalue weighted by Gasteiger charge is 1.99. The van der Waals surface area contributed by atoms with Crippen LogP contribution in [0.1, 0.15) is 32.1 Å². The molecule has 0 fully saturated rings. The van der Waals surface area contributed by atoms with Crippen molar-refractivity contribution in [3.8, 4) is 0 Å². The third-order valence-electron chi connectivity index (χ3n) is 1.87. The first-order valence-corrected chi connectivity index (χ1v) is 4.06. The Bertz CT molecular complexity index is 123. The van der Waals surface area contributed by atoms with E-state index in [4.69, 9.17) is 5.73 Å². The molecule has 0 unspecified atom stereocenters. The van der Waals surface area contributed by atoms with E-state index in [0.717, 1.165) is 0 Å². The minimum absolute atomic E-state index is 0. The van der Waals surface area contributed by atoms with Gasteiger partial charge >= 0.3 is 0 Å². The topological polar surface area (TPSA) is 38.0 Å². The summed E-state index contributed by atoms with van der Waals surface area (Å²) in [6, 6.07) is 0. The number of rotatable bonds is 2. The molecule has 3 N–H and O–H groups in total. The van der Waals surface area contributed by atoms with Crippen LogP contribution in [-0.4, -0.2) is 6.67 Å². The summed E-state index contributed by atoms with van der Waals surface area (Å²) in [5.74, 6) is 0. The molecule has 0 saturated heterocycles. The lowest BCUT2D eigenvalue weighted by molar-refractivity contribution is 0.685. The van der Waals surface area contributed by atoms with Crippen LogP contribution in [0.2, 0.25) is 0 Å². The number of allylic oxidation sites excluding steroid dienone is 2. The summed E-state index contributed by atoms with van der Waals surface area (Å²) < 4.78 is 0. The van der Waals surface area contributed by atoms with Crippen LogP contribution in [0, 0.1) is 0 Å². The normalized spacial score (nSPS) is 17.7. The van der Waals surface area contributed by atoms with E-state index in [-0.39, 0.29) is 12.4 Å². The highest BCUT2D eigenvalue weighted by Crippen LogP contribution is 2.14. The Labute approximate surface area is 74.6 Å². The predicted molar refractivity (Wildman–Crippen MR) is 50.6 cm³/mol. The fourth-order valence-corrected chi connectivity index (χ4v) is 1.31.